The van der Waals surface area contributed by atoms with Crippen molar-refractivity contribution in [2.24, 2.45) is 17.6 Å². The van der Waals surface area contributed by atoms with Crippen LogP contribution in [0.15, 0.2) is 47.4 Å². The van der Waals surface area contributed by atoms with Gasteiger partial charge in [-0.15, -0.1) is 12.4 Å². The van der Waals surface area contributed by atoms with Crippen LogP contribution >= 0.6 is 24.0 Å². The predicted molar refractivity (Wildman–Crippen MR) is 109 cm³/mol. The molecule has 2 aromatic rings. The lowest BCUT2D eigenvalue weighted by Crippen LogP contribution is -2.34. The van der Waals surface area contributed by atoms with Crippen LogP contribution in [0.3, 0.4) is 0 Å². The Labute approximate surface area is 169 Å². The Bertz CT molecular complexity index is 899. The number of fused-ring (bicyclic) bond motifs is 1. The smallest absolute Gasteiger partial charge is 0.255 e. The van der Waals surface area contributed by atoms with Gasteiger partial charge in [-0.25, -0.2) is 0 Å². The van der Waals surface area contributed by atoms with Crippen LogP contribution in [-0.2, 0) is 6.54 Å². The molecule has 1 aromatic carbocycles. The zero-order chi connectivity index (χ0) is 18.3. The second kappa shape index (κ2) is 8.05. The van der Waals surface area contributed by atoms with Crippen LogP contribution < -0.4 is 11.3 Å². The van der Waals surface area contributed by atoms with Gasteiger partial charge >= 0.3 is 0 Å². The number of carbonyl (C=O) groups is 1. The average molecular weight is 408 g/mol. The molecule has 2 heterocycles. The van der Waals surface area contributed by atoms with Gasteiger partial charge in [-0.1, -0.05) is 29.8 Å². The molecule has 2 N–H and O–H groups in total. The highest BCUT2D eigenvalue weighted by Crippen LogP contribution is 2.37. The van der Waals surface area contributed by atoms with Crippen molar-refractivity contribution in [3.8, 4) is 0 Å². The Kier molecular flexibility index (Phi) is 5.94. The number of carbonyl (C=O) groups excluding carboxylic acids is 1. The van der Waals surface area contributed by atoms with E-state index in [0.29, 0.717) is 35.5 Å². The molecule has 1 aromatic heterocycles. The van der Waals surface area contributed by atoms with E-state index in [2.05, 4.69) is 0 Å². The van der Waals surface area contributed by atoms with E-state index >= 15 is 0 Å². The standard InChI is InChI=1S/C20H22ClN3O2.ClH/c21-17-4-2-1-3-14(17)10-23-11-15(6-8-19(23)25)20(26)24-9-13-5-7-18(22)16(13)12-24;/h1-4,6,8,11,13,16,18H,5,7,9-10,12,22H2;1H. The summed E-state index contributed by atoms with van der Waals surface area (Å²) < 4.78 is 1.54. The molecule has 1 saturated heterocycles. The Hall–Kier alpha value is -1.82. The molecule has 0 bridgehead atoms. The second-order valence-electron chi connectivity index (χ2n) is 7.35. The number of halogens is 2. The largest absolute Gasteiger partial charge is 0.338 e. The molecule has 1 aliphatic heterocycles. The van der Waals surface area contributed by atoms with Crippen LogP contribution in [0.5, 0.6) is 0 Å². The fraction of sp³-hybridized carbons (Fsp3) is 0.400. The van der Waals surface area contributed by atoms with Crippen molar-refractivity contribution in [3.63, 3.8) is 0 Å². The van der Waals surface area contributed by atoms with E-state index in [1.54, 1.807) is 18.3 Å². The van der Waals surface area contributed by atoms with Crippen LogP contribution in [-0.4, -0.2) is 34.5 Å². The normalized spacial score (nSPS) is 23.8. The molecule has 4 rings (SSSR count). The average Bonchev–Trinajstić information content (AvgIpc) is 3.20. The zero-order valence-electron chi connectivity index (χ0n) is 14.9. The Morgan fingerprint density at radius 3 is 2.67 bits per heavy atom. The van der Waals surface area contributed by atoms with Crippen molar-refractivity contribution in [1.82, 2.24) is 9.47 Å². The number of pyridine rings is 1. The number of likely N-dealkylation sites (tertiary alicyclic amines) is 1. The summed E-state index contributed by atoms with van der Waals surface area (Å²) in [6.07, 6.45) is 3.80. The van der Waals surface area contributed by atoms with Gasteiger partial charge in [0.05, 0.1) is 12.1 Å². The third kappa shape index (κ3) is 3.91. The van der Waals surface area contributed by atoms with Gasteiger partial charge in [-0.05, 0) is 42.4 Å². The molecule has 2 fully saturated rings. The molecule has 27 heavy (non-hydrogen) atoms. The molecule has 3 atom stereocenters. The van der Waals surface area contributed by atoms with E-state index in [0.717, 1.165) is 24.9 Å². The van der Waals surface area contributed by atoms with Crippen LogP contribution in [0.1, 0.15) is 28.8 Å². The zero-order valence-corrected chi connectivity index (χ0v) is 16.5. The third-order valence-corrected chi connectivity index (χ3v) is 6.10. The molecule has 0 radical (unpaired) electrons. The van der Waals surface area contributed by atoms with E-state index in [1.165, 1.54) is 10.6 Å². The Balaban J connectivity index is 0.00000210. The summed E-state index contributed by atoms with van der Waals surface area (Å²) in [7, 11) is 0. The van der Waals surface area contributed by atoms with Gasteiger partial charge < -0.3 is 15.2 Å². The van der Waals surface area contributed by atoms with Gasteiger partial charge in [0.25, 0.3) is 11.5 Å². The molecular formula is C20H23Cl2N3O2. The van der Waals surface area contributed by atoms with Crippen LogP contribution in [0.4, 0.5) is 0 Å². The van der Waals surface area contributed by atoms with Crippen LogP contribution in [0.25, 0.3) is 0 Å². The fourth-order valence-electron chi connectivity index (χ4n) is 4.25. The van der Waals surface area contributed by atoms with E-state index in [9.17, 15) is 9.59 Å². The maximum absolute atomic E-state index is 12.9. The molecule has 1 aliphatic carbocycles. The molecular weight excluding hydrogens is 385 g/mol. The van der Waals surface area contributed by atoms with Crippen molar-refractivity contribution in [2.75, 3.05) is 13.1 Å². The quantitative estimate of drug-likeness (QED) is 0.850. The van der Waals surface area contributed by atoms with Crippen molar-refractivity contribution in [2.45, 2.75) is 25.4 Å². The first-order valence-electron chi connectivity index (χ1n) is 9.01. The molecule has 7 heteroatoms. The number of aromatic nitrogens is 1. The second-order valence-corrected chi connectivity index (χ2v) is 7.76. The minimum Gasteiger partial charge on any atom is -0.338 e. The van der Waals surface area contributed by atoms with Crippen molar-refractivity contribution in [1.29, 1.82) is 0 Å². The van der Waals surface area contributed by atoms with Gasteiger partial charge in [0.1, 0.15) is 0 Å². The number of nitrogens with zero attached hydrogens (tertiary/aromatic N) is 2. The van der Waals surface area contributed by atoms with Crippen molar-refractivity contribution >= 4 is 29.9 Å². The Morgan fingerprint density at radius 2 is 1.93 bits per heavy atom. The highest BCUT2D eigenvalue weighted by atomic mass is 35.5. The lowest BCUT2D eigenvalue weighted by atomic mass is 9.98. The molecule has 5 nitrogen and oxygen atoms in total. The third-order valence-electron chi connectivity index (χ3n) is 5.73. The topological polar surface area (TPSA) is 68.3 Å². The molecule has 1 amide bonds. The summed E-state index contributed by atoms with van der Waals surface area (Å²) in [6.45, 7) is 1.82. The molecule has 1 saturated carbocycles. The van der Waals surface area contributed by atoms with Crippen LogP contribution in [0.2, 0.25) is 5.02 Å². The lowest BCUT2D eigenvalue weighted by Gasteiger charge is -2.19. The summed E-state index contributed by atoms with van der Waals surface area (Å²) in [6, 6.07) is 10.7. The van der Waals surface area contributed by atoms with E-state index in [1.807, 2.05) is 23.1 Å². The first-order valence-corrected chi connectivity index (χ1v) is 9.39. The van der Waals surface area contributed by atoms with Gasteiger partial charge in [0.15, 0.2) is 0 Å². The fourth-order valence-corrected chi connectivity index (χ4v) is 4.44. The first kappa shape index (κ1) is 19.9. The first-order chi connectivity index (χ1) is 12.5. The summed E-state index contributed by atoms with van der Waals surface area (Å²) in [4.78, 5) is 27.0. The number of rotatable bonds is 3. The van der Waals surface area contributed by atoms with Crippen molar-refractivity contribution in [3.05, 3.63) is 69.1 Å². The number of benzene rings is 1. The number of hydrogen-bond donors (Lipinski definition) is 1. The molecule has 144 valence electrons. The van der Waals surface area contributed by atoms with Crippen LogP contribution in [0, 0.1) is 11.8 Å². The van der Waals surface area contributed by atoms with Crippen molar-refractivity contribution < 1.29 is 4.79 Å². The maximum atomic E-state index is 12.9. The van der Waals surface area contributed by atoms with Gasteiger partial charge in [-0.2, -0.15) is 0 Å². The summed E-state index contributed by atoms with van der Waals surface area (Å²) in [5, 5.41) is 0.609. The highest BCUT2D eigenvalue weighted by molar-refractivity contribution is 6.31. The van der Waals surface area contributed by atoms with E-state index < -0.39 is 0 Å². The van der Waals surface area contributed by atoms with Gasteiger partial charge in [0.2, 0.25) is 0 Å². The minimum absolute atomic E-state index is 0. The predicted octanol–water partition coefficient (Wildman–Crippen LogP) is 2.78. The van der Waals surface area contributed by atoms with Gasteiger partial charge in [0, 0.05) is 36.4 Å². The van der Waals surface area contributed by atoms with E-state index in [4.69, 9.17) is 17.3 Å². The number of nitrogens with two attached hydrogens (primary N) is 1. The minimum atomic E-state index is -0.151. The lowest BCUT2D eigenvalue weighted by molar-refractivity contribution is 0.0778. The highest BCUT2D eigenvalue weighted by Gasteiger charge is 2.42. The van der Waals surface area contributed by atoms with E-state index in [-0.39, 0.29) is 29.9 Å². The Morgan fingerprint density at radius 1 is 1.15 bits per heavy atom. The SMILES string of the molecule is Cl.NC1CCC2CN(C(=O)c3ccc(=O)n(Cc4ccccc4Cl)c3)CC12. The number of amides is 1. The maximum Gasteiger partial charge on any atom is 0.255 e. The summed E-state index contributed by atoms with van der Waals surface area (Å²) >= 11 is 6.20. The monoisotopic (exact) mass is 407 g/mol. The van der Waals surface area contributed by atoms with Gasteiger partial charge in [-0.3, -0.25) is 9.59 Å². The summed E-state index contributed by atoms with van der Waals surface area (Å²) in [5.41, 5.74) is 7.40. The molecule has 0 spiro atoms. The molecule has 2 aliphatic rings. The number of hydrogen-bond acceptors (Lipinski definition) is 3. The summed E-state index contributed by atoms with van der Waals surface area (Å²) in [5.74, 6) is 0.899. The molecule has 3 unspecified atom stereocenters.